The zero-order chi connectivity index (χ0) is 13.7. The van der Waals surface area contributed by atoms with Crippen LogP contribution in [-0.4, -0.2) is 11.9 Å². The zero-order valence-corrected chi connectivity index (χ0v) is 10.3. The number of hydrogen-bond donors (Lipinski definition) is 0. The van der Waals surface area contributed by atoms with Gasteiger partial charge in [0.15, 0.2) is 11.5 Å². The van der Waals surface area contributed by atoms with Crippen molar-refractivity contribution in [2.24, 2.45) is 0 Å². The summed E-state index contributed by atoms with van der Waals surface area (Å²) in [4.78, 5) is 23.7. The van der Waals surface area contributed by atoms with Crippen LogP contribution in [0, 0.1) is 0 Å². The number of rotatable bonds is 0. The zero-order valence-electron chi connectivity index (χ0n) is 10.3. The Balaban J connectivity index is 1.99. The van der Waals surface area contributed by atoms with Gasteiger partial charge >= 0.3 is 11.9 Å². The number of esters is 2. The maximum atomic E-state index is 11.8. The summed E-state index contributed by atoms with van der Waals surface area (Å²) in [5.41, 5.74) is 2.26. The molecule has 0 bridgehead atoms. The molecule has 2 aliphatic heterocycles. The highest BCUT2D eigenvalue weighted by atomic mass is 16.6. The highest BCUT2D eigenvalue weighted by molar-refractivity contribution is 6.12. The Morgan fingerprint density at radius 2 is 0.900 bits per heavy atom. The summed E-state index contributed by atoms with van der Waals surface area (Å²) in [6.07, 6.45) is 0. The minimum absolute atomic E-state index is 0.309. The molecule has 20 heavy (non-hydrogen) atoms. The average Bonchev–Trinajstić information content (AvgIpc) is 2.99. The SMILES string of the molecule is O=C1O/C(=C2\OC(=O)c3ccccc32)c2ccccc21. The van der Waals surface area contributed by atoms with Gasteiger partial charge in [-0.1, -0.05) is 36.4 Å². The number of carbonyl (C=O) groups excluding carboxylic acids is 2. The van der Waals surface area contributed by atoms with E-state index < -0.39 is 11.9 Å². The third-order valence-corrected chi connectivity index (χ3v) is 3.38. The average molecular weight is 264 g/mol. The summed E-state index contributed by atoms with van der Waals surface area (Å²) in [6.45, 7) is 0. The Morgan fingerprint density at radius 1 is 0.550 bits per heavy atom. The lowest BCUT2D eigenvalue weighted by atomic mass is 10.0. The fourth-order valence-electron chi connectivity index (χ4n) is 2.46. The Bertz CT molecular complexity index is 734. The molecule has 0 saturated carbocycles. The van der Waals surface area contributed by atoms with Crippen molar-refractivity contribution in [3.63, 3.8) is 0 Å². The van der Waals surface area contributed by atoms with Gasteiger partial charge in [0, 0.05) is 11.1 Å². The first kappa shape index (κ1) is 11.0. The van der Waals surface area contributed by atoms with Crippen LogP contribution < -0.4 is 0 Å². The summed E-state index contributed by atoms with van der Waals surface area (Å²) < 4.78 is 10.6. The Morgan fingerprint density at radius 3 is 1.30 bits per heavy atom. The van der Waals surface area contributed by atoms with Crippen LogP contribution in [0.1, 0.15) is 31.8 Å². The van der Waals surface area contributed by atoms with E-state index in [1.807, 2.05) is 12.1 Å². The van der Waals surface area contributed by atoms with Crippen LogP contribution in [-0.2, 0) is 9.47 Å². The summed E-state index contributed by atoms with van der Waals surface area (Å²) in [7, 11) is 0. The molecule has 0 atom stereocenters. The lowest BCUT2D eigenvalue weighted by Crippen LogP contribution is -1.94. The van der Waals surface area contributed by atoms with Crippen molar-refractivity contribution in [1.82, 2.24) is 0 Å². The summed E-state index contributed by atoms with van der Waals surface area (Å²) in [6, 6.07) is 14.1. The van der Waals surface area contributed by atoms with Gasteiger partial charge < -0.3 is 9.47 Å². The van der Waals surface area contributed by atoms with Crippen LogP contribution >= 0.6 is 0 Å². The molecule has 0 radical (unpaired) electrons. The quantitative estimate of drug-likeness (QED) is 0.686. The molecule has 2 aromatic carbocycles. The number of hydrogen-bond acceptors (Lipinski definition) is 4. The van der Waals surface area contributed by atoms with Crippen LogP contribution in [0.2, 0.25) is 0 Å². The number of fused-ring (bicyclic) bond motifs is 2. The van der Waals surface area contributed by atoms with E-state index in [1.165, 1.54) is 0 Å². The third-order valence-electron chi connectivity index (χ3n) is 3.38. The van der Waals surface area contributed by atoms with Gasteiger partial charge in [-0.25, -0.2) is 9.59 Å². The fraction of sp³-hybridized carbons (Fsp3) is 0. The minimum atomic E-state index is -0.427. The van der Waals surface area contributed by atoms with Crippen LogP contribution in [0.15, 0.2) is 48.5 Å². The highest BCUT2D eigenvalue weighted by Gasteiger charge is 2.35. The first-order valence-electron chi connectivity index (χ1n) is 6.13. The van der Waals surface area contributed by atoms with Crippen molar-refractivity contribution in [1.29, 1.82) is 0 Å². The maximum Gasteiger partial charge on any atom is 0.344 e. The summed E-state index contributed by atoms with van der Waals surface area (Å²) in [5, 5.41) is 0. The molecule has 0 aromatic heterocycles. The van der Waals surface area contributed by atoms with Gasteiger partial charge in [-0.3, -0.25) is 0 Å². The first-order chi connectivity index (χ1) is 9.75. The minimum Gasteiger partial charge on any atom is -0.418 e. The molecule has 0 aliphatic carbocycles. The molecular weight excluding hydrogens is 256 g/mol. The largest absolute Gasteiger partial charge is 0.418 e. The van der Waals surface area contributed by atoms with E-state index in [0.29, 0.717) is 33.8 Å². The van der Waals surface area contributed by atoms with E-state index in [0.717, 1.165) is 0 Å². The van der Waals surface area contributed by atoms with Crippen LogP contribution in [0.3, 0.4) is 0 Å². The molecule has 0 N–H and O–H groups in total. The molecule has 4 nitrogen and oxygen atoms in total. The topological polar surface area (TPSA) is 52.6 Å². The van der Waals surface area contributed by atoms with Crippen molar-refractivity contribution in [2.45, 2.75) is 0 Å². The van der Waals surface area contributed by atoms with E-state index in [1.54, 1.807) is 36.4 Å². The van der Waals surface area contributed by atoms with Crippen LogP contribution in [0.5, 0.6) is 0 Å². The fourth-order valence-corrected chi connectivity index (χ4v) is 2.46. The molecule has 0 saturated heterocycles. The molecule has 4 rings (SSSR count). The van der Waals surface area contributed by atoms with E-state index in [2.05, 4.69) is 0 Å². The Labute approximate surface area is 114 Å². The van der Waals surface area contributed by atoms with Crippen molar-refractivity contribution in [2.75, 3.05) is 0 Å². The predicted octanol–water partition coefficient (Wildman–Crippen LogP) is 2.85. The van der Waals surface area contributed by atoms with Crippen molar-refractivity contribution < 1.29 is 19.1 Å². The first-order valence-corrected chi connectivity index (χ1v) is 6.13. The second kappa shape index (κ2) is 3.81. The van der Waals surface area contributed by atoms with Crippen molar-refractivity contribution >= 4 is 23.5 Å². The van der Waals surface area contributed by atoms with Gasteiger partial charge in [0.25, 0.3) is 0 Å². The maximum absolute atomic E-state index is 11.8. The van der Waals surface area contributed by atoms with Gasteiger partial charge in [-0.05, 0) is 12.1 Å². The molecule has 2 aromatic rings. The standard InChI is InChI=1S/C16H8O4/c17-15-11-7-3-1-5-9(11)13(19-15)14-10-6-2-4-8-12(10)16(18)20-14/h1-8H/b14-13-. The van der Waals surface area contributed by atoms with E-state index >= 15 is 0 Å². The van der Waals surface area contributed by atoms with Gasteiger partial charge in [0.2, 0.25) is 0 Å². The summed E-state index contributed by atoms with van der Waals surface area (Å²) >= 11 is 0. The normalized spacial score (nSPS) is 19.4. The summed E-state index contributed by atoms with van der Waals surface area (Å²) in [5.74, 6) is -0.236. The van der Waals surface area contributed by atoms with Gasteiger partial charge in [-0.2, -0.15) is 0 Å². The molecule has 96 valence electrons. The third kappa shape index (κ3) is 1.36. The Kier molecular flexibility index (Phi) is 2.09. The number of ether oxygens (including phenoxy) is 2. The van der Waals surface area contributed by atoms with Crippen molar-refractivity contribution in [3.8, 4) is 0 Å². The number of benzene rings is 2. The lowest BCUT2D eigenvalue weighted by Gasteiger charge is -2.03. The molecule has 0 unspecified atom stereocenters. The van der Waals surface area contributed by atoms with Gasteiger partial charge in [0.05, 0.1) is 11.1 Å². The molecule has 2 heterocycles. The smallest absolute Gasteiger partial charge is 0.344 e. The predicted molar refractivity (Wildman–Crippen MR) is 70.5 cm³/mol. The number of cyclic esters (lactones) is 2. The lowest BCUT2D eigenvalue weighted by molar-refractivity contribution is 0.0676. The Hall–Kier alpha value is -2.88. The molecule has 0 spiro atoms. The van der Waals surface area contributed by atoms with Crippen LogP contribution in [0.25, 0.3) is 11.5 Å². The van der Waals surface area contributed by atoms with E-state index in [-0.39, 0.29) is 0 Å². The van der Waals surface area contributed by atoms with E-state index in [4.69, 9.17) is 9.47 Å². The second-order valence-electron chi connectivity index (χ2n) is 4.53. The highest BCUT2D eigenvalue weighted by Crippen LogP contribution is 2.40. The molecule has 0 fully saturated rings. The molecule has 0 amide bonds. The van der Waals surface area contributed by atoms with Crippen molar-refractivity contribution in [3.05, 3.63) is 70.8 Å². The molecule has 2 aliphatic rings. The monoisotopic (exact) mass is 264 g/mol. The van der Waals surface area contributed by atoms with Gasteiger partial charge in [-0.15, -0.1) is 0 Å². The van der Waals surface area contributed by atoms with E-state index in [9.17, 15) is 9.59 Å². The van der Waals surface area contributed by atoms with Crippen LogP contribution in [0.4, 0.5) is 0 Å². The number of carbonyl (C=O) groups is 2. The molecular formula is C16H8O4. The van der Waals surface area contributed by atoms with Gasteiger partial charge in [0.1, 0.15) is 0 Å². The second-order valence-corrected chi connectivity index (χ2v) is 4.53. The molecule has 4 heteroatoms.